The standard InChI is InChI=1S/C14H13Cl2NO2S/c1-20(18,19)11-4-2-3-9(7-11)14(17)12-8-10(15)5-6-13(12)16/h2-8,14H,17H2,1H3. The maximum atomic E-state index is 11.6. The van der Waals surface area contributed by atoms with E-state index >= 15 is 0 Å². The lowest BCUT2D eigenvalue weighted by atomic mass is 10.00. The zero-order chi connectivity index (χ0) is 14.9. The van der Waals surface area contributed by atoms with Crippen molar-refractivity contribution in [2.24, 2.45) is 5.73 Å². The van der Waals surface area contributed by atoms with Gasteiger partial charge in [-0.1, -0.05) is 35.3 Å². The molecule has 0 aliphatic carbocycles. The van der Waals surface area contributed by atoms with Crippen molar-refractivity contribution < 1.29 is 8.42 Å². The second-order valence-corrected chi connectivity index (χ2v) is 7.35. The van der Waals surface area contributed by atoms with Crippen LogP contribution in [0.15, 0.2) is 47.4 Å². The molecule has 0 saturated heterocycles. The Morgan fingerprint density at radius 2 is 1.80 bits per heavy atom. The van der Waals surface area contributed by atoms with Gasteiger partial charge in [0.15, 0.2) is 9.84 Å². The van der Waals surface area contributed by atoms with Crippen molar-refractivity contribution in [2.75, 3.05) is 6.26 Å². The predicted octanol–water partition coefficient (Wildman–Crippen LogP) is 3.45. The molecule has 2 rings (SSSR count). The number of hydrogen-bond donors (Lipinski definition) is 1. The Labute approximate surface area is 128 Å². The van der Waals surface area contributed by atoms with Gasteiger partial charge in [0.25, 0.3) is 0 Å². The van der Waals surface area contributed by atoms with E-state index in [4.69, 9.17) is 28.9 Å². The van der Waals surface area contributed by atoms with Gasteiger partial charge in [-0.3, -0.25) is 0 Å². The fourth-order valence-electron chi connectivity index (χ4n) is 1.87. The van der Waals surface area contributed by atoms with Crippen LogP contribution in [0.3, 0.4) is 0 Å². The summed E-state index contributed by atoms with van der Waals surface area (Å²) in [5, 5.41) is 1.02. The van der Waals surface area contributed by atoms with E-state index in [9.17, 15) is 8.42 Å². The van der Waals surface area contributed by atoms with E-state index in [1.54, 1.807) is 36.4 Å². The molecule has 0 aromatic heterocycles. The quantitative estimate of drug-likeness (QED) is 0.938. The first-order chi connectivity index (χ1) is 9.29. The van der Waals surface area contributed by atoms with E-state index in [-0.39, 0.29) is 4.90 Å². The molecule has 3 nitrogen and oxygen atoms in total. The molecule has 0 spiro atoms. The minimum absolute atomic E-state index is 0.226. The fraction of sp³-hybridized carbons (Fsp3) is 0.143. The number of hydrogen-bond acceptors (Lipinski definition) is 3. The molecule has 0 aliphatic rings. The van der Waals surface area contributed by atoms with Gasteiger partial charge in [0.1, 0.15) is 0 Å². The van der Waals surface area contributed by atoms with Crippen LogP contribution in [0.4, 0.5) is 0 Å². The number of rotatable bonds is 3. The van der Waals surface area contributed by atoms with Gasteiger partial charge in [0.05, 0.1) is 10.9 Å². The minimum Gasteiger partial charge on any atom is -0.320 e. The van der Waals surface area contributed by atoms with Gasteiger partial charge in [0, 0.05) is 16.3 Å². The highest BCUT2D eigenvalue weighted by atomic mass is 35.5. The summed E-state index contributed by atoms with van der Waals surface area (Å²) in [5.74, 6) is 0. The minimum atomic E-state index is -3.27. The van der Waals surface area contributed by atoms with Crippen LogP contribution in [0.5, 0.6) is 0 Å². The molecule has 0 saturated carbocycles. The average Bonchev–Trinajstić information content (AvgIpc) is 2.40. The molecule has 2 aromatic rings. The number of benzene rings is 2. The molecule has 0 aliphatic heterocycles. The van der Waals surface area contributed by atoms with Crippen molar-refractivity contribution in [1.82, 2.24) is 0 Å². The van der Waals surface area contributed by atoms with Crippen LogP contribution in [0, 0.1) is 0 Å². The van der Waals surface area contributed by atoms with Crippen LogP contribution in [0.25, 0.3) is 0 Å². The van der Waals surface area contributed by atoms with Crippen molar-refractivity contribution in [3.8, 4) is 0 Å². The highest BCUT2D eigenvalue weighted by Gasteiger charge is 2.15. The number of sulfone groups is 1. The highest BCUT2D eigenvalue weighted by Crippen LogP contribution is 2.29. The van der Waals surface area contributed by atoms with E-state index in [2.05, 4.69) is 0 Å². The van der Waals surface area contributed by atoms with Crippen molar-refractivity contribution in [3.05, 3.63) is 63.6 Å². The first-order valence-corrected chi connectivity index (χ1v) is 8.44. The zero-order valence-corrected chi connectivity index (χ0v) is 13.0. The van der Waals surface area contributed by atoms with Crippen LogP contribution < -0.4 is 5.73 Å². The third-order valence-electron chi connectivity index (χ3n) is 2.94. The second kappa shape index (κ2) is 5.74. The van der Waals surface area contributed by atoms with Crippen LogP contribution in [0.1, 0.15) is 17.2 Å². The van der Waals surface area contributed by atoms with E-state index in [0.717, 1.165) is 6.26 Å². The number of nitrogens with two attached hydrogens (primary N) is 1. The third-order valence-corrected chi connectivity index (χ3v) is 4.63. The molecule has 20 heavy (non-hydrogen) atoms. The summed E-state index contributed by atoms with van der Waals surface area (Å²) in [6.07, 6.45) is 1.16. The third kappa shape index (κ3) is 3.33. The molecule has 0 radical (unpaired) electrons. The van der Waals surface area contributed by atoms with Gasteiger partial charge >= 0.3 is 0 Å². The molecular weight excluding hydrogens is 317 g/mol. The smallest absolute Gasteiger partial charge is 0.175 e. The molecule has 1 unspecified atom stereocenters. The lowest BCUT2D eigenvalue weighted by Crippen LogP contribution is -2.13. The molecule has 0 heterocycles. The van der Waals surface area contributed by atoms with Crippen molar-refractivity contribution in [2.45, 2.75) is 10.9 Å². The molecule has 1 atom stereocenters. The lowest BCUT2D eigenvalue weighted by Gasteiger charge is -2.15. The van der Waals surface area contributed by atoms with E-state index in [1.165, 1.54) is 6.07 Å². The Bertz CT molecular complexity index is 745. The maximum absolute atomic E-state index is 11.6. The van der Waals surface area contributed by atoms with Gasteiger partial charge < -0.3 is 5.73 Å². The highest BCUT2D eigenvalue weighted by molar-refractivity contribution is 7.90. The summed E-state index contributed by atoms with van der Waals surface area (Å²) in [6.45, 7) is 0. The average molecular weight is 330 g/mol. The predicted molar refractivity (Wildman–Crippen MR) is 82.0 cm³/mol. The van der Waals surface area contributed by atoms with Gasteiger partial charge in [-0.2, -0.15) is 0 Å². The van der Waals surface area contributed by atoms with E-state index in [1.807, 2.05) is 0 Å². The summed E-state index contributed by atoms with van der Waals surface area (Å²) in [7, 11) is -3.27. The molecule has 0 bridgehead atoms. The number of halogens is 2. The van der Waals surface area contributed by atoms with Gasteiger partial charge in [-0.05, 0) is 41.5 Å². The van der Waals surface area contributed by atoms with Gasteiger partial charge in [0.2, 0.25) is 0 Å². The monoisotopic (exact) mass is 329 g/mol. The Balaban J connectivity index is 2.48. The lowest BCUT2D eigenvalue weighted by molar-refractivity contribution is 0.601. The zero-order valence-electron chi connectivity index (χ0n) is 10.7. The van der Waals surface area contributed by atoms with Crippen molar-refractivity contribution in [1.29, 1.82) is 0 Å². The SMILES string of the molecule is CS(=O)(=O)c1cccc(C(N)c2cc(Cl)ccc2Cl)c1. The molecule has 0 fully saturated rings. The van der Waals surface area contributed by atoms with Crippen LogP contribution in [-0.4, -0.2) is 14.7 Å². The first kappa shape index (κ1) is 15.3. The summed E-state index contributed by atoms with van der Waals surface area (Å²) in [4.78, 5) is 0.226. The van der Waals surface area contributed by atoms with E-state index < -0.39 is 15.9 Å². The van der Waals surface area contributed by atoms with E-state index in [0.29, 0.717) is 21.2 Å². The fourth-order valence-corrected chi connectivity index (χ4v) is 2.96. The molecule has 6 heteroatoms. The van der Waals surface area contributed by atoms with Crippen molar-refractivity contribution in [3.63, 3.8) is 0 Å². The maximum Gasteiger partial charge on any atom is 0.175 e. The first-order valence-electron chi connectivity index (χ1n) is 5.79. The molecular formula is C14H13Cl2NO2S. The molecule has 2 N–H and O–H groups in total. The summed E-state index contributed by atoms with van der Waals surface area (Å²) < 4.78 is 23.2. The Kier molecular flexibility index (Phi) is 4.39. The summed E-state index contributed by atoms with van der Waals surface area (Å²) in [5.41, 5.74) is 7.48. The summed E-state index contributed by atoms with van der Waals surface area (Å²) >= 11 is 12.1. The van der Waals surface area contributed by atoms with Crippen LogP contribution in [0.2, 0.25) is 10.0 Å². The Morgan fingerprint density at radius 3 is 2.45 bits per heavy atom. The second-order valence-electron chi connectivity index (χ2n) is 4.49. The van der Waals surface area contributed by atoms with Gasteiger partial charge in [-0.15, -0.1) is 0 Å². The molecule has 2 aromatic carbocycles. The normalized spacial score (nSPS) is 13.2. The topological polar surface area (TPSA) is 60.2 Å². The Hall–Kier alpha value is -1.07. The van der Waals surface area contributed by atoms with Crippen LogP contribution in [-0.2, 0) is 9.84 Å². The van der Waals surface area contributed by atoms with Gasteiger partial charge in [-0.25, -0.2) is 8.42 Å². The molecule has 106 valence electrons. The summed E-state index contributed by atoms with van der Waals surface area (Å²) in [6, 6.07) is 11.0. The van der Waals surface area contributed by atoms with Crippen molar-refractivity contribution >= 4 is 33.0 Å². The Morgan fingerprint density at radius 1 is 1.10 bits per heavy atom. The largest absolute Gasteiger partial charge is 0.320 e. The molecule has 0 amide bonds. The van der Waals surface area contributed by atoms with Crippen LogP contribution >= 0.6 is 23.2 Å².